The SMILES string of the molecule is CCC(Oc1ccc(C(C)(C)C)cc1)C(=O)Nc1ccccc1Oc1ccccc1. The van der Waals surface area contributed by atoms with Gasteiger partial charge in [-0.05, 0) is 53.8 Å². The number of carbonyl (C=O) groups is 1. The number of rotatable bonds is 7. The fraction of sp³-hybridized carbons (Fsp3) is 0.269. The summed E-state index contributed by atoms with van der Waals surface area (Å²) in [6.07, 6.45) is -0.0514. The van der Waals surface area contributed by atoms with Gasteiger partial charge in [0, 0.05) is 0 Å². The molecule has 30 heavy (non-hydrogen) atoms. The molecule has 1 atom stereocenters. The zero-order valence-corrected chi connectivity index (χ0v) is 18.0. The van der Waals surface area contributed by atoms with Crippen LogP contribution >= 0.6 is 0 Å². The maximum absolute atomic E-state index is 12.9. The van der Waals surface area contributed by atoms with Crippen LogP contribution in [0.2, 0.25) is 0 Å². The first-order valence-electron chi connectivity index (χ1n) is 10.3. The van der Waals surface area contributed by atoms with E-state index in [9.17, 15) is 4.79 Å². The zero-order chi connectivity index (χ0) is 21.6. The highest BCUT2D eigenvalue weighted by molar-refractivity contribution is 5.95. The van der Waals surface area contributed by atoms with E-state index < -0.39 is 6.10 Å². The van der Waals surface area contributed by atoms with Crippen molar-refractivity contribution in [3.05, 3.63) is 84.4 Å². The molecular formula is C26H29NO3. The number of carbonyl (C=O) groups excluding carboxylic acids is 1. The number of benzene rings is 3. The summed E-state index contributed by atoms with van der Waals surface area (Å²) >= 11 is 0. The van der Waals surface area contributed by atoms with Crippen molar-refractivity contribution >= 4 is 11.6 Å². The number of hydrogen-bond acceptors (Lipinski definition) is 3. The Bertz CT molecular complexity index is 960. The van der Waals surface area contributed by atoms with Crippen LogP contribution in [0.15, 0.2) is 78.9 Å². The predicted octanol–water partition coefficient (Wildman–Crippen LogP) is 6.57. The standard InChI is InChI=1S/C26H29NO3/c1-5-23(29-21-17-15-19(16-18-21)26(2,3)4)25(28)27-22-13-9-10-14-24(22)30-20-11-7-6-8-12-20/h6-18,23H,5H2,1-4H3,(H,27,28). The van der Waals surface area contributed by atoms with E-state index in [0.29, 0.717) is 29.4 Å². The van der Waals surface area contributed by atoms with Crippen molar-refractivity contribution in [1.82, 2.24) is 0 Å². The molecule has 4 heteroatoms. The lowest BCUT2D eigenvalue weighted by atomic mass is 9.87. The Morgan fingerprint density at radius 2 is 1.50 bits per heavy atom. The van der Waals surface area contributed by atoms with Gasteiger partial charge in [-0.25, -0.2) is 0 Å². The Kier molecular flexibility index (Phi) is 6.78. The molecule has 156 valence electrons. The van der Waals surface area contributed by atoms with Gasteiger partial charge < -0.3 is 14.8 Å². The maximum Gasteiger partial charge on any atom is 0.265 e. The smallest absolute Gasteiger partial charge is 0.265 e. The van der Waals surface area contributed by atoms with E-state index in [1.807, 2.05) is 85.8 Å². The van der Waals surface area contributed by atoms with Gasteiger partial charge in [0.05, 0.1) is 5.69 Å². The predicted molar refractivity (Wildman–Crippen MR) is 121 cm³/mol. The van der Waals surface area contributed by atoms with Crippen LogP contribution in [0.1, 0.15) is 39.7 Å². The van der Waals surface area contributed by atoms with Gasteiger partial charge in [-0.2, -0.15) is 0 Å². The lowest BCUT2D eigenvalue weighted by Crippen LogP contribution is -2.32. The molecule has 0 saturated heterocycles. The molecular weight excluding hydrogens is 374 g/mol. The topological polar surface area (TPSA) is 47.6 Å². The van der Waals surface area contributed by atoms with Crippen LogP contribution in [0.4, 0.5) is 5.69 Å². The molecule has 0 aliphatic heterocycles. The van der Waals surface area contributed by atoms with E-state index in [2.05, 4.69) is 26.1 Å². The highest BCUT2D eigenvalue weighted by Crippen LogP contribution is 2.30. The van der Waals surface area contributed by atoms with Gasteiger partial charge in [0.2, 0.25) is 0 Å². The molecule has 1 N–H and O–H groups in total. The molecule has 3 rings (SSSR count). The Morgan fingerprint density at radius 1 is 0.867 bits per heavy atom. The third-order valence-electron chi connectivity index (χ3n) is 4.78. The summed E-state index contributed by atoms with van der Waals surface area (Å²) in [6.45, 7) is 8.43. The molecule has 0 aromatic heterocycles. The summed E-state index contributed by atoms with van der Waals surface area (Å²) in [5.74, 6) is 1.77. The molecule has 0 heterocycles. The average Bonchev–Trinajstić information content (AvgIpc) is 2.74. The number of anilines is 1. The van der Waals surface area contributed by atoms with E-state index in [0.717, 1.165) is 0 Å². The van der Waals surface area contributed by atoms with Crippen molar-refractivity contribution in [2.45, 2.75) is 45.6 Å². The van der Waals surface area contributed by atoms with Crippen molar-refractivity contribution < 1.29 is 14.3 Å². The minimum absolute atomic E-state index is 0.0720. The van der Waals surface area contributed by atoms with Crippen LogP contribution in [0, 0.1) is 0 Å². The van der Waals surface area contributed by atoms with E-state index in [-0.39, 0.29) is 11.3 Å². The molecule has 3 aromatic rings. The Balaban J connectivity index is 1.70. The number of para-hydroxylation sites is 3. The van der Waals surface area contributed by atoms with Crippen molar-refractivity contribution in [1.29, 1.82) is 0 Å². The third-order valence-corrected chi connectivity index (χ3v) is 4.78. The number of amides is 1. The lowest BCUT2D eigenvalue weighted by Gasteiger charge is -2.21. The zero-order valence-electron chi connectivity index (χ0n) is 18.0. The second-order valence-electron chi connectivity index (χ2n) is 8.19. The fourth-order valence-corrected chi connectivity index (χ4v) is 3.01. The quantitative estimate of drug-likeness (QED) is 0.485. The minimum Gasteiger partial charge on any atom is -0.481 e. The van der Waals surface area contributed by atoms with Gasteiger partial charge in [0.25, 0.3) is 5.91 Å². The number of ether oxygens (including phenoxy) is 2. The summed E-state index contributed by atoms with van der Waals surface area (Å²) in [5.41, 5.74) is 1.90. The summed E-state index contributed by atoms with van der Waals surface area (Å²) in [5, 5.41) is 2.95. The van der Waals surface area contributed by atoms with Crippen molar-refractivity contribution in [2.75, 3.05) is 5.32 Å². The monoisotopic (exact) mass is 403 g/mol. The van der Waals surface area contributed by atoms with Crippen molar-refractivity contribution in [3.8, 4) is 17.2 Å². The van der Waals surface area contributed by atoms with Crippen molar-refractivity contribution in [3.63, 3.8) is 0 Å². The van der Waals surface area contributed by atoms with Gasteiger partial charge in [-0.3, -0.25) is 4.79 Å². The summed E-state index contributed by atoms with van der Waals surface area (Å²) in [7, 11) is 0. The van der Waals surface area contributed by atoms with Gasteiger partial charge in [-0.1, -0.05) is 70.2 Å². The summed E-state index contributed by atoms with van der Waals surface area (Å²) in [6, 6.07) is 24.8. The first kappa shape index (κ1) is 21.4. The van der Waals surface area contributed by atoms with Gasteiger partial charge in [0.1, 0.15) is 11.5 Å². The molecule has 0 spiro atoms. The Labute approximate surface area is 178 Å². The van der Waals surface area contributed by atoms with Crippen molar-refractivity contribution in [2.24, 2.45) is 0 Å². The molecule has 1 unspecified atom stereocenters. The normalized spacial score (nSPS) is 12.1. The first-order valence-corrected chi connectivity index (χ1v) is 10.3. The van der Waals surface area contributed by atoms with E-state index in [1.165, 1.54) is 5.56 Å². The molecule has 0 saturated carbocycles. The number of hydrogen-bond donors (Lipinski definition) is 1. The molecule has 0 bridgehead atoms. The second-order valence-corrected chi connectivity index (χ2v) is 8.19. The molecule has 0 radical (unpaired) electrons. The number of nitrogens with one attached hydrogen (secondary N) is 1. The van der Waals surface area contributed by atoms with Crippen LogP contribution in [0.25, 0.3) is 0 Å². The molecule has 0 aliphatic carbocycles. The molecule has 1 amide bonds. The largest absolute Gasteiger partial charge is 0.481 e. The van der Waals surface area contributed by atoms with Crippen LogP contribution in [-0.4, -0.2) is 12.0 Å². The van der Waals surface area contributed by atoms with Gasteiger partial charge in [-0.15, -0.1) is 0 Å². The summed E-state index contributed by atoms with van der Waals surface area (Å²) in [4.78, 5) is 12.9. The van der Waals surface area contributed by atoms with Gasteiger partial charge >= 0.3 is 0 Å². The van der Waals surface area contributed by atoms with Crippen LogP contribution in [0.3, 0.4) is 0 Å². The second kappa shape index (κ2) is 9.49. The molecule has 0 fully saturated rings. The van der Waals surface area contributed by atoms with Crippen LogP contribution in [0.5, 0.6) is 17.2 Å². The van der Waals surface area contributed by atoms with Crippen LogP contribution in [-0.2, 0) is 10.2 Å². The van der Waals surface area contributed by atoms with Gasteiger partial charge in [0.15, 0.2) is 11.9 Å². The molecule has 3 aromatic carbocycles. The summed E-state index contributed by atoms with van der Waals surface area (Å²) < 4.78 is 11.9. The molecule has 4 nitrogen and oxygen atoms in total. The minimum atomic E-state index is -0.602. The Hall–Kier alpha value is -3.27. The van der Waals surface area contributed by atoms with E-state index >= 15 is 0 Å². The first-order chi connectivity index (χ1) is 14.4. The fourth-order valence-electron chi connectivity index (χ4n) is 3.01. The molecule has 0 aliphatic rings. The average molecular weight is 404 g/mol. The highest BCUT2D eigenvalue weighted by atomic mass is 16.5. The van der Waals surface area contributed by atoms with Crippen LogP contribution < -0.4 is 14.8 Å². The Morgan fingerprint density at radius 3 is 2.13 bits per heavy atom. The third kappa shape index (κ3) is 5.63. The van der Waals surface area contributed by atoms with E-state index in [1.54, 1.807) is 0 Å². The maximum atomic E-state index is 12.9. The highest BCUT2D eigenvalue weighted by Gasteiger charge is 2.21. The van der Waals surface area contributed by atoms with E-state index in [4.69, 9.17) is 9.47 Å². The lowest BCUT2D eigenvalue weighted by molar-refractivity contribution is -0.122.